The van der Waals surface area contributed by atoms with E-state index in [0.29, 0.717) is 5.75 Å². The van der Waals surface area contributed by atoms with Gasteiger partial charge in [0.05, 0.1) is 0 Å². The Kier molecular flexibility index (Phi) is 5.02. The summed E-state index contributed by atoms with van der Waals surface area (Å²) in [7, 11) is 0. The molecule has 0 heterocycles. The van der Waals surface area contributed by atoms with Crippen LogP contribution in [0, 0.1) is 13.8 Å². The van der Waals surface area contributed by atoms with E-state index in [1.54, 1.807) is 6.92 Å². The molecule has 0 aliphatic heterocycles. The molecular weight excluding hydrogens is 308 g/mol. The van der Waals surface area contributed by atoms with Crippen LogP contribution in [0.15, 0.2) is 16.6 Å². The van der Waals surface area contributed by atoms with Gasteiger partial charge >= 0.3 is 5.97 Å². The van der Waals surface area contributed by atoms with Gasteiger partial charge in [-0.05, 0) is 64.8 Å². The lowest BCUT2D eigenvalue weighted by Gasteiger charge is -2.23. The molecular formula is C15H21BrO3. The van der Waals surface area contributed by atoms with Gasteiger partial charge in [0, 0.05) is 4.47 Å². The van der Waals surface area contributed by atoms with Crippen molar-refractivity contribution in [3.05, 3.63) is 27.7 Å². The lowest BCUT2D eigenvalue weighted by atomic mass is 10.1. The second-order valence-corrected chi connectivity index (χ2v) is 6.46. The van der Waals surface area contributed by atoms with Crippen LogP contribution in [0.25, 0.3) is 0 Å². The van der Waals surface area contributed by atoms with Gasteiger partial charge in [0.25, 0.3) is 0 Å². The first-order valence-electron chi connectivity index (χ1n) is 6.26. The zero-order valence-corrected chi connectivity index (χ0v) is 13.9. The monoisotopic (exact) mass is 328 g/mol. The summed E-state index contributed by atoms with van der Waals surface area (Å²) >= 11 is 3.50. The standard InChI is InChI=1S/C15H21BrO3/c1-9-7-12(8-10(2)13(9)16)18-11(3)14(17)19-15(4,5)6/h7-8,11H,1-6H3. The molecule has 0 bridgehead atoms. The Morgan fingerprint density at radius 3 is 2.11 bits per heavy atom. The maximum atomic E-state index is 11.8. The Bertz CT molecular complexity index is 452. The lowest BCUT2D eigenvalue weighted by molar-refractivity contribution is -0.162. The average molecular weight is 329 g/mol. The molecule has 19 heavy (non-hydrogen) atoms. The Labute approximate surface area is 123 Å². The van der Waals surface area contributed by atoms with Gasteiger partial charge in [-0.15, -0.1) is 0 Å². The van der Waals surface area contributed by atoms with Crippen molar-refractivity contribution < 1.29 is 14.3 Å². The summed E-state index contributed by atoms with van der Waals surface area (Å²) in [6.07, 6.45) is -0.626. The number of aryl methyl sites for hydroxylation is 2. The van der Waals surface area contributed by atoms with Gasteiger partial charge in [0.15, 0.2) is 6.10 Å². The number of esters is 1. The molecule has 0 fully saturated rings. The molecule has 1 unspecified atom stereocenters. The van der Waals surface area contributed by atoms with Crippen molar-refractivity contribution in [1.29, 1.82) is 0 Å². The van der Waals surface area contributed by atoms with E-state index < -0.39 is 11.7 Å². The molecule has 1 aromatic carbocycles. The summed E-state index contributed by atoms with van der Waals surface area (Å²) in [6, 6.07) is 3.80. The van der Waals surface area contributed by atoms with Crippen LogP contribution in [-0.4, -0.2) is 17.7 Å². The van der Waals surface area contributed by atoms with Crippen molar-refractivity contribution in [3.8, 4) is 5.75 Å². The number of ether oxygens (including phenoxy) is 2. The molecule has 1 aromatic rings. The molecule has 0 saturated carbocycles. The zero-order chi connectivity index (χ0) is 14.8. The van der Waals surface area contributed by atoms with Crippen LogP contribution in [0.2, 0.25) is 0 Å². The number of halogens is 1. The number of carbonyl (C=O) groups is 1. The van der Waals surface area contributed by atoms with Gasteiger partial charge in [-0.25, -0.2) is 4.79 Å². The molecule has 3 nitrogen and oxygen atoms in total. The quantitative estimate of drug-likeness (QED) is 0.781. The Balaban J connectivity index is 2.77. The molecule has 1 rings (SSSR count). The summed E-state index contributed by atoms with van der Waals surface area (Å²) in [5.74, 6) is 0.322. The molecule has 0 amide bonds. The Hall–Kier alpha value is -1.03. The molecule has 0 N–H and O–H groups in total. The maximum Gasteiger partial charge on any atom is 0.347 e. The van der Waals surface area contributed by atoms with Crippen LogP contribution < -0.4 is 4.74 Å². The molecule has 0 saturated heterocycles. The lowest BCUT2D eigenvalue weighted by Crippen LogP contribution is -2.33. The van der Waals surface area contributed by atoms with E-state index in [9.17, 15) is 4.79 Å². The summed E-state index contributed by atoms with van der Waals surface area (Å²) < 4.78 is 12.0. The predicted octanol–water partition coefficient (Wildman–Crippen LogP) is 4.17. The van der Waals surface area contributed by atoms with Gasteiger partial charge in [-0.1, -0.05) is 15.9 Å². The van der Waals surface area contributed by atoms with Gasteiger partial charge in [-0.2, -0.15) is 0 Å². The van der Waals surface area contributed by atoms with Crippen molar-refractivity contribution in [1.82, 2.24) is 0 Å². The minimum Gasteiger partial charge on any atom is -0.479 e. The van der Waals surface area contributed by atoms with Crippen LogP contribution in [-0.2, 0) is 9.53 Å². The third-order valence-electron chi connectivity index (χ3n) is 2.46. The van der Waals surface area contributed by atoms with Crippen molar-refractivity contribution in [2.75, 3.05) is 0 Å². The fourth-order valence-electron chi connectivity index (χ4n) is 1.61. The molecule has 0 spiro atoms. The molecule has 0 aliphatic carbocycles. The van der Waals surface area contributed by atoms with Gasteiger partial charge in [0.1, 0.15) is 11.4 Å². The summed E-state index contributed by atoms with van der Waals surface area (Å²) in [4.78, 5) is 11.8. The normalized spacial score (nSPS) is 13.0. The maximum absolute atomic E-state index is 11.8. The fraction of sp³-hybridized carbons (Fsp3) is 0.533. The number of rotatable bonds is 3. The van der Waals surface area contributed by atoms with Crippen LogP contribution in [0.1, 0.15) is 38.8 Å². The SMILES string of the molecule is Cc1cc(OC(C)C(=O)OC(C)(C)C)cc(C)c1Br. The second-order valence-electron chi connectivity index (χ2n) is 5.66. The topological polar surface area (TPSA) is 35.5 Å². The van der Waals surface area contributed by atoms with E-state index >= 15 is 0 Å². The minimum absolute atomic E-state index is 0.356. The number of benzene rings is 1. The van der Waals surface area contributed by atoms with Crippen LogP contribution in [0.4, 0.5) is 0 Å². The van der Waals surface area contributed by atoms with E-state index in [1.807, 2.05) is 46.8 Å². The third-order valence-corrected chi connectivity index (χ3v) is 3.71. The summed E-state index contributed by atoms with van der Waals surface area (Å²) in [6.45, 7) is 11.2. The number of carbonyl (C=O) groups excluding carboxylic acids is 1. The predicted molar refractivity (Wildman–Crippen MR) is 79.6 cm³/mol. The highest BCUT2D eigenvalue weighted by Gasteiger charge is 2.23. The molecule has 4 heteroatoms. The van der Waals surface area contributed by atoms with Crippen molar-refractivity contribution in [3.63, 3.8) is 0 Å². The number of hydrogen-bond donors (Lipinski definition) is 0. The molecule has 0 aliphatic rings. The highest BCUT2D eigenvalue weighted by Crippen LogP contribution is 2.27. The summed E-state index contributed by atoms with van der Waals surface area (Å²) in [5.41, 5.74) is 1.65. The van der Waals surface area contributed by atoms with Crippen LogP contribution in [0.3, 0.4) is 0 Å². The highest BCUT2D eigenvalue weighted by molar-refractivity contribution is 9.10. The Morgan fingerprint density at radius 1 is 1.21 bits per heavy atom. The van der Waals surface area contributed by atoms with Gasteiger partial charge in [0.2, 0.25) is 0 Å². The van der Waals surface area contributed by atoms with E-state index in [1.165, 1.54) is 0 Å². The fourth-order valence-corrected chi connectivity index (χ4v) is 1.84. The zero-order valence-electron chi connectivity index (χ0n) is 12.3. The first kappa shape index (κ1) is 16.0. The van der Waals surface area contributed by atoms with E-state index in [2.05, 4.69) is 15.9 Å². The molecule has 0 radical (unpaired) electrons. The van der Waals surface area contributed by atoms with Crippen molar-refractivity contribution >= 4 is 21.9 Å². The van der Waals surface area contributed by atoms with Crippen molar-refractivity contribution in [2.45, 2.75) is 53.2 Å². The minimum atomic E-state index is -0.626. The molecule has 1 atom stereocenters. The second kappa shape index (κ2) is 5.95. The molecule has 106 valence electrons. The van der Waals surface area contributed by atoms with Crippen LogP contribution >= 0.6 is 15.9 Å². The summed E-state index contributed by atoms with van der Waals surface area (Å²) in [5, 5.41) is 0. The highest BCUT2D eigenvalue weighted by atomic mass is 79.9. The molecule has 0 aromatic heterocycles. The van der Waals surface area contributed by atoms with Crippen molar-refractivity contribution in [2.24, 2.45) is 0 Å². The van der Waals surface area contributed by atoms with E-state index in [4.69, 9.17) is 9.47 Å². The smallest absolute Gasteiger partial charge is 0.347 e. The first-order valence-corrected chi connectivity index (χ1v) is 7.05. The van der Waals surface area contributed by atoms with Gasteiger partial charge < -0.3 is 9.47 Å². The van der Waals surface area contributed by atoms with E-state index in [0.717, 1.165) is 15.6 Å². The average Bonchev–Trinajstić information content (AvgIpc) is 2.23. The van der Waals surface area contributed by atoms with Gasteiger partial charge in [-0.3, -0.25) is 0 Å². The Morgan fingerprint density at radius 2 is 1.68 bits per heavy atom. The first-order chi connectivity index (χ1) is 8.60. The largest absolute Gasteiger partial charge is 0.479 e. The van der Waals surface area contributed by atoms with E-state index in [-0.39, 0.29) is 5.97 Å². The number of hydrogen-bond acceptors (Lipinski definition) is 3. The van der Waals surface area contributed by atoms with Crippen LogP contribution in [0.5, 0.6) is 5.75 Å². The third kappa shape index (κ3) is 4.86.